The molecule has 0 amide bonds. The van der Waals surface area contributed by atoms with Crippen molar-refractivity contribution in [2.24, 2.45) is 5.92 Å². The highest BCUT2D eigenvalue weighted by atomic mass is 16.5. The van der Waals surface area contributed by atoms with Crippen LogP contribution in [0.2, 0.25) is 0 Å². The quantitative estimate of drug-likeness (QED) is 0.812. The van der Waals surface area contributed by atoms with E-state index in [-0.39, 0.29) is 0 Å². The van der Waals surface area contributed by atoms with E-state index in [1.165, 1.54) is 32.1 Å². The predicted octanol–water partition coefficient (Wildman–Crippen LogP) is 1.87. The van der Waals surface area contributed by atoms with Crippen molar-refractivity contribution in [2.75, 3.05) is 27.3 Å². The summed E-state index contributed by atoms with van der Waals surface area (Å²) >= 11 is 0. The van der Waals surface area contributed by atoms with Crippen LogP contribution in [0.5, 0.6) is 0 Å². The molecule has 2 atom stereocenters. The van der Waals surface area contributed by atoms with Crippen molar-refractivity contribution in [1.82, 2.24) is 10.2 Å². The number of hydrogen-bond acceptors (Lipinski definition) is 3. The van der Waals surface area contributed by atoms with Crippen molar-refractivity contribution in [3.8, 4) is 0 Å². The van der Waals surface area contributed by atoms with Crippen molar-refractivity contribution in [1.29, 1.82) is 0 Å². The summed E-state index contributed by atoms with van der Waals surface area (Å²) in [7, 11) is 4.40. The lowest BCUT2D eigenvalue weighted by Crippen LogP contribution is -2.46. The van der Waals surface area contributed by atoms with Gasteiger partial charge in [-0.1, -0.05) is 0 Å². The summed E-state index contributed by atoms with van der Waals surface area (Å²) in [5, 5.41) is 3.41. The van der Waals surface area contributed by atoms with Crippen molar-refractivity contribution < 1.29 is 4.74 Å². The topological polar surface area (TPSA) is 24.5 Å². The monoisotopic (exact) mass is 240 g/mol. The molecule has 1 saturated heterocycles. The fraction of sp³-hybridized carbons (Fsp3) is 1.00. The third-order valence-corrected chi connectivity index (χ3v) is 4.97. The molecule has 0 bridgehead atoms. The molecule has 1 N–H and O–H groups in total. The lowest BCUT2D eigenvalue weighted by atomic mass is 9.88. The van der Waals surface area contributed by atoms with Crippen molar-refractivity contribution in [3.63, 3.8) is 0 Å². The summed E-state index contributed by atoms with van der Waals surface area (Å²) in [4.78, 5) is 2.62. The molecule has 0 aromatic rings. The minimum atomic E-state index is 0.675. The lowest BCUT2D eigenvalue weighted by molar-refractivity contribution is 0.0915. The van der Waals surface area contributed by atoms with Gasteiger partial charge in [-0.25, -0.2) is 0 Å². The second-order valence-electron chi connectivity index (χ2n) is 5.82. The van der Waals surface area contributed by atoms with Gasteiger partial charge in [0, 0.05) is 24.7 Å². The van der Waals surface area contributed by atoms with Crippen molar-refractivity contribution >= 4 is 0 Å². The van der Waals surface area contributed by atoms with Crippen LogP contribution in [0.1, 0.15) is 39.0 Å². The Kier molecular flexibility index (Phi) is 4.83. The standard InChI is InChI=1S/C14H28N2O/c1-11(12-8-9-17-10-12)16(3)14-6-4-13(15-2)5-7-14/h11-15H,4-10H2,1-3H3. The first kappa shape index (κ1) is 13.3. The van der Waals surface area contributed by atoms with Crippen molar-refractivity contribution in [2.45, 2.75) is 57.2 Å². The van der Waals surface area contributed by atoms with E-state index in [4.69, 9.17) is 4.74 Å². The number of rotatable bonds is 4. The smallest absolute Gasteiger partial charge is 0.0509 e. The molecule has 3 nitrogen and oxygen atoms in total. The van der Waals surface area contributed by atoms with Gasteiger partial charge in [0.15, 0.2) is 0 Å². The predicted molar refractivity (Wildman–Crippen MR) is 71.3 cm³/mol. The van der Waals surface area contributed by atoms with Crippen LogP contribution in [0.3, 0.4) is 0 Å². The second kappa shape index (κ2) is 6.17. The maximum atomic E-state index is 5.51. The highest BCUT2D eigenvalue weighted by Crippen LogP contribution is 2.27. The van der Waals surface area contributed by atoms with E-state index in [0.29, 0.717) is 6.04 Å². The van der Waals surface area contributed by atoms with E-state index in [9.17, 15) is 0 Å². The second-order valence-corrected chi connectivity index (χ2v) is 5.82. The maximum absolute atomic E-state index is 5.51. The zero-order valence-corrected chi connectivity index (χ0v) is 11.6. The summed E-state index contributed by atoms with van der Waals surface area (Å²) in [6, 6.07) is 2.22. The van der Waals surface area contributed by atoms with Crippen molar-refractivity contribution in [3.05, 3.63) is 0 Å². The van der Waals surface area contributed by atoms with Gasteiger partial charge in [0.05, 0.1) is 6.61 Å². The van der Waals surface area contributed by atoms with Crippen LogP contribution >= 0.6 is 0 Å². The highest BCUT2D eigenvalue weighted by molar-refractivity contribution is 4.85. The van der Waals surface area contributed by atoms with Gasteiger partial charge in [-0.3, -0.25) is 0 Å². The van der Waals surface area contributed by atoms with Crippen LogP contribution in [0.4, 0.5) is 0 Å². The molecule has 2 rings (SSSR count). The first-order valence-corrected chi connectivity index (χ1v) is 7.19. The molecule has 0 aromatic carbocycles. The van der Waals surface area contributed by atoms with Crippen LogP contribution in [-0.2, 0) is 4.74 Å². The SMILES string of the molecule is CNC1CCC(N(C)C(C)C2CCOC2)CC1. The van der Waals surface area contributed by atoms with Gasteiger partial charge in [0.1, 0.15) is 0 Å². The Morgan fingerprint density at radius 2 is 1.88 bits per heavy atom. The average molecular weight is 240 g/mol. The normalized spacial score (nSPS) is 36.4. The van der Waals surface area contributed by atoms with Crippen LogP contribution in [0.15, 0.2) is 0 Å². The number of nitrogens with zero attached hydrogens (tertiary/aromatic N) is 1. The number of ether oxygens (including phenoxy) is 1. The molecule has 2 unspecified atom stereocenters. The van der Waals surface area contributed by atoms with Gasteiger partial charge in [-0.2, -0.15) is 0 Å². The molecule has 1 saturated carbocycles. The Labute approximate surface area is 106 Å². The van der Waals surface area contributed by atoms with E-state index >= 15 is 0 Å². The Morgan fingerprint density at radius 1 is 1.18 bits per heavy atom. The molecular formula is C14H28N2O. The molecule has 1 aliphatic carbocycles. The lowest BCUT2D eigenvalue weighted by Gasteiger charge is -2.39. The maximum Gasteiger partial charge on any atom is 0.0509 e. The van der Waals surface area contributed by atoms with Gasteiger partial charge >= 0.3 is 0 Å². The van der Waals surface area contributed by atoms with Crippen LogP contribution in [-0.4, -0.2) is 50.3 Å². The summed E-state index contributed by atoms with van der Waals surface area (Å²) in [6.45, 7) is 4.32. The van der Waals surface area contributed by atoms with Crippen LogP contribution < -0.4 is 5.32 Å². The highest BCUT2D eigenvalue weighted by Gasteiger charge is 2.30. The van der Waals surface area contributed by atoms with Gasteiger partial charge < -0.3 is 15.0 Å². The summed E-state index contributed by atoms with van der Waals surface area (Å²) in [5.74, 6) is 0.752. The number of nitrogens with one attached hydrogen (secondary N) is 1. The minimum Gasteiger partial charge on any atom is -0.381 e. The molecule has 1 aliphatic heterocycles. The molecular weight excluding hydrogens is 212 g/mol. The molecule has 2 aliphatic rings. The van der Waals surface area contributed by atoms with E-state index in [2.05, 4.69) is 31.2 Å². The molecule has 1 heterocycles. The molecule has 0 spiro atoms. The average Bonchev–Trinajstić information content (AvgIpc) is 2.91. The zero-order chi connectivity index (χ0) is 12.3. The molecule has 3 heteroatoms. The van der Waals surface area contributed by atoms with Crippen LogP contribution in [0.25, 0.3) is 0 Å². The van der Waals surface area contributed by atoms with Gasteiger partial charge in [0.2, 0.25) is 0 Å². The van der Waals surface area contributed by atoms with E-state index in [1.807, 2.05) is 0 Å². The third kappa shape index (κ3) is 3.21. The Morgan fingerprint density at radius 3 is 2.41 bits per heavy atom. The summed E-state index contributed by atoms with van der Waals surface area (Å²) in [6.07, 6.45) is 6.61. The van der Waals surface area contributed by atoms with E-state index < -0.39 is 0 Å². The molecule has 2 fully saturated rings. The first-order chi connectivity index (χ1) is 8.22. The van der Waals surface area contributed by atoms with Gasteiger partial charge in [-0.15, -0.1) is 0 Å². The molecule has 0 radical (unpaired) electrons. The molecule has 0 aromatic heterocycles. The minimum absolute atomic E-state index is 0.675. The van der Waals surface area contributed by atoms with Gasteiger partial charge in [0.25, 0.3) is 0 Å². The Balaban J connectivity index is 1.81. The third-order valence-electron chi connectivity index (χ3n) is 4.97. The first-order valence-electron chi connectivity index (χ1n) is 7.19. The van der Waals surface area contributed by atoms with Gasteiger partial charge in [-0.05, 0) is 59.0 Å². The van der Waals surface area contributed by atoms with Crippen LogP contribution in [0, 0.1) is 5.92 Å². The summed E-state index contributed by atoms with van der Waals surface area (Å²) < 4.78 is 5.51. The fourth-order valence-corrected chi connectivity index (χ4v) is 3.37. The zero-order valence-electron chi connectivity index (χ0n) is 11.6. The molecule has 17 heavy (non-hydrogen) atoms. The fourth-order valence-electron chi connectivity index (χ4n) is 3.37. The Bertz CT molecular complexity index is 220. The summed E-state index contributed by atoms with van der Waals surface area (Å²) in [5.41, 5.74) is 0. The largest absolute Gasteiger partial charge is 0.381 e. The number of hydrogen-bond donors (Lipinski definition) is 1. The Hall–Kier alpha value is -0.120. The van der Waals surface area contributed by atoms with E-state index in [1.54, 1.807) is 0 Å². The molecule has 100 valence electrons. The van der Waals surface area contributed by atoms with E-state index in [0.717, 1.165) is 31.2 Å².